The molecule has 0 fully saturated rings. The minimum absolute atomic E-state index is 0.0509. The monoisotopic (exact) mass is 118 g/mol. The number of hydrogen-bond acceptors (Lipinski definition) is 4. The van der Waals surface area contributed by atoms with E-state index in [1.165, 1.54) is 0 Å². The van der Waals surface area contributed by atoms with Crippen LogP contribution in [0.1, 0.15) is 6.92 Å². The lowest BCUT2D eigenvalue weighted by atomic mass is 10.6. The highest BCUT2D eigenvalue weighted by molar-refractivity contribution is 5.74. The first-order valence-corrected chi connectivity index (χ1v) is 2.38. The Morgan fingerprint density at radius 3 is 2.88 bits per heavy atom. The average molecular weight is 118 g/mol. The van der Waals surface area contributed by atoms with Crippen LogP contribution in [0.25, 0.3) is 0 Å². The van der Waals surface area contributed by atoms with Gasteiger partial charge in [-0.25, -0.2) is 0 Å². The number of hydroxylamine groups is 1. The number of hydrogen-bond donors (Lipinski definition) is 3. The number of ether oxygens (including phenoxy) is 1. The van der Waals surface area contributed by atoms with E-state index in [1.807, 2.05) is 0 Å². The molecular weight excluding hydrogens is 108 g/mol. The molecular formula is C4H10N2O2. The second-order valence-corrected chi connectivity index (χ2v) is 1.19. The minimum atomic E-state index is 0.0509. The zero-order chi connectivity index (χ0) is 6.41. The Hall–Kier alpha value is -0.610. The normalized spacial score (nSPS) is 8.75. The second-order valence-electron chi connectivity index (χ2n) is 1.19. The molecule has 0 saturated carbocycles. The molecule has 0 bridgehead atoms. The van der Waals surface area contributed by atoms with Crippen molar-refractivity contribution in [2.24, 2.45) is 0 Å². The van der Waals surface area contributed by atoms with Gasteiger partial charge < -0.3 is 9.94 Å². The van der Waals surface area contributed by atoms with Gasteiger partial charge in [-0.2, -0.15) is 5.48 Å². The molecule has 0 atom stereocenters. The van der Waals surface area contributed by atoms with Crippen LogP contribution in [0.4, 0.5) is 0 Å². The Kier molecular flexibility index (Phi) is 4.20. The van der Waals surface area contributed by atoms with Crippen molar-refractivity contribution in [3.05, 3.63) is 0 Å². The summed E-state index contributed by atoms with van der Waals surface area (Å²) in [6.45, 7) is 2.33. The van der Waals surface area contributed by atoms with Crippen molar-refractivity contribution < 1.29 is 9.94 Å². The topological polar surface area (TPSA) is 65.3 Å². The molecule has 0 aromatic rings. The molecule has 0 spiro atoms. The zero-order valence-electron chi connectivity index (χ0n) is 4.77. The Bertz CT molecular complexity index is 66.4. The largest absolute Gasteiger partial charge is 0.480 e. The molecule has 0 aliphatic rings. The molecule has 4 nitrogen and oxygen atoms in total. The van der Waals surface area contributed by atoms with Gasteiger partial charge in [-0.15, -0.1) is 0 Å². The van der Waals surface area contributed by atoms with E-state index < -0.39 is 0 Å². The fraction of sp³-hybridized carbons (Fsp3) is 0.750. The molecule has 48 valence electrons. The minimum Gasteiger partial charge on any atom is -0.480 e. The van der Waals surface area contributed by atoms with Crippen LogP contribution in [0.5, 0.6) is 0 Å². The van der Waals surface area contributed by atoms with Crippen LogP contribution in [0.3, 0.4) is 0 Å². The van der Waals surface area contributed by atoms with Gasteiger partial charge in [0.05, 0.1) is 13.2 Å². The van der Waals surface area contributed by atoms with E-state index in [1.54, 1.807) is 12.4 Å². The second kappa shape index (κ2) is 4.55. The molecule has 0 aliphatic heterocycles. The molecule has 8 heavy (non-hydrogen) atoms. The van der Waals surface area contributed by atoms with E-state index in [9.17, 15) is 0 Å². The van der Waals surface area contributed by atoms with Gasteiger partial charge in [0, 0.05) is 0 Å². The summed E-state index contributed by atoms with van der Waals surface area (Å²) in [7, 11) is 0. The SMILES string of the molecule is CCOC(=N)CNO. The lowest BCUT2D eigenvalue weighted by molar-refractivity contribution is 0.173. The van der Waals surface area contributed by atoms with Crippen LogP contribution in [0.15, 0.2) is 0 Å². The van der Waals surface area contributed by atoms with Crippen molar-refractivity contribution in [2.45, 2.75) is 6.92 Å². The Labute approximate surface area is 47.9 Å². The third kappa shape index (κ3) is 3.58. The molecule has 0 amide bonds. The van der Waals surface area contributed by atoms with Crippen molar-refractivity contribution in [3.8, 4) is 0 Å². The van der Waals surface area contributed by atoms with Crippen molar-refractivity contribution in [1.82, 2.24) is 5.48 Å². The first-order chi connectivity index (χ1) is 3.81. The molecule has 0 aromatic heterocycles. The third-order valence-corrected chi connectivity index (χ3v) is 0.558. The summed E-state index contributed by atoms with van der Waals surface area (Å²) in [4.78, 5) is 0. The number of nitrogens with one attached hydrogen (secondary N) is 2. The highest BCUT2D eigenvalue weighted by Crippen LogP contribution is 1.73. The maximum absolute atomic E-state index is 7.99. The summed E-state index contributed by atoms with van der Waals surface area (Å²) < 4.78 is 4.64. The van der Waals surface area contributed by atoms with Gasteiger partial charge >= 0.3 is 0 Å². The highest BCUT2D eigenvalue weighted by Gasteiger charge is 1.90. The van der Waals surface area contributed by atoms with Gasteiger partial charge in [0.15, 0.2) is 5.90 Å². The van der Waals surface area contributed by atoms with Gasteiger partial charge in [0.25, 0.3) is 0 Å². The quantitative estimate of drug-likeness (QED) is 0.277. The standard InChI is InChI=1S/C4H10N2O2/c1-2-8-4(5)3-6-7/h5-7H,2-3H2,1H3. The van der Waals surface area contributed by atoms with Gasteiger partial charge in [0.1, 0.15) is 0 Å². The molecule has 0 heterocycles. The summed E-state index contributed by atoms with van der Waals surface area (Å²) in [6.07, 6.45) is 0. The molecule has 3 N–H and O–H groups in total. The fourth-order valence-electron chi connectivity index (χ4n) is 0.297. The van der Waals surface area contributed by atoms with Gasteiger partial charge in [-0.3, -0.25) is 5.41 Å². The van der Waals surface area contributed by atoms with Crippen LogP contribution in [-0.4, -0.2) is 24.3 Å². The fourth-order valence-corrected chi connectivity index (χ4v) is 0.297. The molecule has 0 unspecified atom stereocenters. The molecule has 0 saturated heterocycles. The van der Waals surface area contributed by atoms with Gasteiger partial charge in [0.2, 0.25) is 0 Å². The van der Waals surface area contributed by atoms with Crippen LogP contribution in [0, 0.1) is 5.41 Å². The lowest BCUT2D eigenvalue weighted by Gasteiger charge is -2.00. The first-order valence-electron chi connectivity index (χ1n) is 2.38. The van der Waals surface area contributed by atoms with Crippen LogP contribution in [-0.2, 0) is 4.74 Å². The van der Waals surface area contributed by atoms with Crippen molar-refractivity contribution in [1.29, 1.82) is 5.41 Å². The van der Waals surface area contributed by atoms with Crippen molar-refractivity contribution >= 4 is 5.90 Å². The Morgan fingerprint density at radius 1 is 1.88 bits per heavy atom. The van der Waals surface area contributed by atoms with E-state index in [-0.39, 0.29) is 12.4 Å². The highest BCUT2D eigenvalue weighted by atomic mass is 16.5. The van der Waals surface area contributed by atoms with Crippen LogP contribution >= 0.6 is 0 Å². The van der Waals surface area contributed by atoms with E-state index in [2.05, 4.69) is 4.74 Å². The maximum Gasteiger partial charge on any atom is 0.197 e. The summed E-state index contributed by atoms with van der Waals surface area (Å²) in [6, 6.07) is 0. The van der Waals surface area contributed by atoms with Gasteiger partial charge in [-0.1, -0.05) is 0 Å². The van der Waals surface area contributed by atoms with E-state index in [4.69, 9.17) is 10.6 Å². The zero-order valence-corrected chi connectivity index (χ0v) is 4.77. The average Bonchev–Trinajstić information content (AvgIpc) is 1.68. The smallest absolute Gasteiger partial charge is 0.197 e. The van der Waals surface area contributed by atoms with Gasteiger partial charge in [-0.05, 0) is 6.92 Å². The predicted octanol–water partition coefficient (Wildman–Crippen LogP) is -0.0210. The summed E-state index contributed by atoms with van der Waals surface area (Å²) in [5, 5.41) is 14.8. The summed E-state index contributed by atoms with van der Waals surface area (Å²) in [5.74, 6) is 0.0509. The van der Waals surface area contributed by atoms with Crippen molar-refractivity contribution in [3.63, 3.8) is 0 Å². The molecule has 0 aromatic carbocycles. The predicted molar refractivity (Wildman–Crippen MR) is 29.1 cm³/mol. The van der Waals surface area contributed by atoms with Crippen LogP contribution in [0.2, 0.25) is 0 Å². The first kappa shape index (κ1) is 7.39. The van der Waals surface area contributed by atoms with Crippen LogP contribution < -0.4 is 5.48 Å². The lowest BCUT2D eigenvalue weighted by Crippen LogP contribution is -2.20. The van der Waals surface area contributed by atoms with E-state index in [0.717, 1.165) is 0 Å². The Morgan fingerprint density at radius 2 is 2.50 bits per heavy atom. The summed E-state index contributed by atoms with van der Waals surface area (Å²) in [5.41, 5.74) is 1.80. The Balaban J connectivity index is 3.06. The van der Waals surface area contributed by atoms with E-state index in [0.29, 0.717) is 6.61 Å². The molecule has 0 rings (SSSR count). The molecule has 4 heteroatoms. The van der Waals surface area contributed by atoms with E-state index >= 15 is 0 Å². The third-order valence-electron chi connectivity index (χ3n) is 0.558. The number of rotatable bonds is 3. The van der Waals surface area contributed by atoms with Crippen molar-refractivity contribution in [2.75, 3.05) is 13.2 Å². The molecule has 0 aliphatic carbocycles. The summed E-state index contributed by atoms with van der Waals surface area (Å²) >= 11 is 0. The molecule has 0 radical (unpaired) electrons. The maximum atomic E-state index is 7.99.